The van der Waals surface area contributed by atoms with E-state index >= 15 is 0 Å². The molecule has 2 heteroatoms. The van der Waals surface area contributed by atoms with Gasteiger partial charge in [0.05, 0.1) is 12.0 Å². The number of rotatable bonds is 2. The zero-order valence-electron chi connectivity index (χ0n) is 6.18. The van der Waals surface area contributed by atoms with Crippen molar-refractivity contribution in [2.45, 2.75) is 32.4 Å². The van der Waals surface area contributed by atoms with Crippen LogP contribution in [0.1, 0.15) is 26.2 Å². The summed E-state index contributed by atoms with van der Waals surface area (Å²) in [6.45, 7) is 1.48. The molecule has 1 saturated carbocycles. The predicted octanol–water partition coefficient (Wildman–Crippen LogP) is 2.28. The fourth-order valence-corrected chi connectivity index (χ4v) is 1.38. The molecule has 0 aliphatic heterocycles. The lowest BCUT2D eigenvalue weighted by atomic mass is 9.75. The average molecular weight is 141 g/mol. The van der Waals surface area contributed by atoms with Crippen molar-refractivity contribution in [1.29, 1.82) is 5.26 Å². The first kappa shape index (κ1) is 7.53. The monoisotopic (exact) mass is 141 g/mol. The minimum absolute atomic E-state index is 0.339. The Labute approximate surface area is 60.8 Å². The van der Waals surface area contributed by atoms with Crippen molar-refractivity contribution in [2.24, 2.45) is 11.8 Å². The highest BCUT2D eigenvalue weighted by Crippen LogP contribution is 2.35. The number of halogens is 1. The largest absolute Gasteiger partial charge is 0.246 e. The SMILES string of the molecule is CC(F)C(C#N)C1CCC1. The highest BCUT2D eigenvalue weighted by molar-refractivity contribution is 4.94. The topological polar surface area (TPSA) is 23.8 Å². The first-order valence-corrected chi connectivity index (χ1v) is 3.79. The minimum atomic E-state index is -0.949. The van der Waals surface area contributed by atoms with Gasteiger partial charge in [0, 0.05) is 0 Å². The normalized spacial score (nSPS) is 24.5. The molecule has 0 spiro atoms. The molecule has 0 amide bonds. The van der Waals surface area contributed by atoms with Crippen LogP contribution in [-0.2, 0) is 0 Å². The van der Waals surface area contributed by atoms with Crippen LogP contribution in [0.15, 0.2) is 0 Å². The van der Waals surface area contributed by atoms with E-state index in [1.807, 2.05) is 6.07 Å². The molecule has 0 saturated heterocycles. The first-order valence-electron chi connectivity index (χ1n) is 3.79. The Kier molecular flexibility index (Phi) is 2.26. The molecule has 0 bridgehead atoms. The molecule has 1 aliphatic rings. The molecule has 1 nitrogen and oxygen atoms in total. The lowest BCUT2D eigenvalue weighted by molar-refractivity contribution is 0.161. The molecule has 10 heavy (non-hydrogen) atoms. The second kappa shape index (κ2) is 3.01. The third-order valence-corrected chi connectivity index (χ3v) is 2.30. The van der Waals surface area contributed by atoms with Gasteiger partial charge in [-0.3, -0.25) is 0 Å². The number of hydrogen-bond donors (Lipinski definition) is 0. The third kappa shape index (κ3) is 1.29. The molecule has 0 heterocycles. The summed E-state index contributed by atoms with van der Waals surface area (Å²) in [6, 6.07) is 2.03. The van der Waals surface area contributed by atoms with Gasteiger partial charge in [-0.2, -0.15) is 5.26 Å². The fourth-order valence-electron chi connectivity index (χ4n) is 1.38. The Morgan fingerprint density at radius 3 is 2.30 bits per heavy atom. The molecule has 0 N–H and O–H groups in total. The highest BCUT2D eigenvalue weighted by Gasteiger charge is 2.31. The Morgan fingerprint density at radius 2 is 2.20 bits per heavy atom. The lowest BCUT2D eigenvalue weighted by Gasteiger charge is -2.30. The molecule has 1 aliphatic carbocycles. The van der Waals surface area contributed by atoms with Crippen molar-refractivity contribution in [3.05, 3.63) is 0 Å². The van der Waals surface area contributed by atoms with Gasteiger partial charge in [-0.1, -0.05) is 6.42 Å². The molecule has 0 radical (unpaired) electrons. The molecule has 0 aromatic rings. The number of nitrogens with zero attached hydrogens (tertiary/aromatic N) is 1. The van der Waals surface area contributed by atoms with Crippen LogP contribution in [0.5, 0.6) is 0 Å². The summed E-state index contributed by atoms with van der Waals surface area (Å²) in [7, 11) is 0. The summed E-state index contributed by atoms with van der Waals surface area (Å²) in [4.78, 5) is 0. The number of alkyl halides is 1. The number of nitriles is 1. The molecule has 0 aromatic carbocycles. The van der Waals surface area contributed by atoms with Crippen LogP contribution in [0.4, 0.5) is 4.39 Å². The Balaban J connectivity index is 2.41. The number of hydrogen-bond acceptors (Lipinski definition) is 1. The van der Waals surface area contributed by atoms with Crippen molar-refractivity contribution < 1.29 is 4.39 Å². The Hall–Kier alpha value is -0.580. The van der Waals surface area contributed by atoms with Crippen LogP contribution in [0.3, 0.4) is 0 Å². The van der Waals surface area contributed by atoms with Gasteiger partial charge in [0.15, 0.2) is 0 Å². The van der Waals surface area contributed by atoms with E-state index in [4.69, 9.17) is 5.26 Å². The summed E-state index contributed by atoms with van der Waals surface area (Å²) in [5.41, 5.74) is 0. The zero-order valence-corrected chi connectivity index (χ0v) is 6.18. The molecule has 1 rings (SSSR count). The van der Waals surface area contributed by atoms with E-state index in [1.54, 1.807) is 0 Å². The molecule has 56 valence electrons. The van der Waals surface area contributed by atoms with Gasteiger partial charge in [0.25, 0.3) is 0 Å². The zero-order chi connectivity index (χ0) is 7.56. The summed E-state index contributed by atoms with van der Waals surface area (Å²) in [6.07, 6.45) is 2.32. The molecule has 0 aromatic heterocycles. The molecular formula is C8H12FN. The van der Waals surface area contributed by atoms with E-state index in [0.29, 0.717) is 5.92 Å². The van der Waals surface area contributed by atoms with Crippen LogP contribution in [0, 0.1) is 23.2 Å². The summed E-state index contributed by atoms with van der Waals surface area (Å²) in [5, 5.41) is 8.54. The van der Waals surface area contributed by atoms with Gasteiger partial charge in [0.2, 0.25) is 0 Å². The van der Waals surface area contributed by atoms with E-state index in [0.717, 1.165) is 12.8 Å². The van der Waals surface area contributed by atoms with Crippen LogP contribution < -0.4 is 0 Å². The molecule has 2 atom stereocenters. The van der Waals surface area contributed by atoms with Crippen LogP contribution in [-0.4, -0.2) is 6.17 Å². The van der Waals surface area contributed by atoms with Crippen molar-refractivity contribution in [3.63, 3.8) is 0 Å². The van der Waals surface area contributed by atoms with Gasteiger partial charge >= 0.3 is 0 Å². The fraction of sp³-hybridized carbons (Fsp3) is 0.875. The second-order valence-electron chi connectivity index (χ2n) is 3.02. The van der Waals surface area contributed by atoms with Crippen molar-refractivity contribution >= 4 is 0 Å². The lowest BCUT2D eigenvalue weighted by Crippen LogP contribution is -2.26. The standard InChI is InChI=1S/C8H12FN/c1-6(9)8(5-10)7-3-2-4-7/h6-8H,2-4H2,1H3. The second-order valence-corrected chi connectivity index (χ2v) is 3.02. The van der Waals surface area contributed by atoms with Crippen molar-refractivity contribution in [1.82, 2.24) is 0 Å². The molecule has 2 unspecified atom stereocenters. The molecule has 1 fully saturated rings. The van der Waals surface area contributed by atoms with Crippen LogP contribution >= 0.6 is 0 Å². The first-order chi connectivity index (χ1) is 4.75. The van der Waals surface area contributed by atoms with Crippen molar-refractivity contribution in [3.8, 4) is 6.07 Å². The van der Waals surface area contributed by atoms with E-state index in [1.165, 1.54) is 13.3 Å². The Bertz CT molecular complexity index is 144. The van der Waals surface area contributed by atoms with Gasteiger partial charge < -0.3 is 0 Å². The van der Waals surface area contributed by atoms with E-state index in [-0.39, 0.29) is 5.92 Å². The maximum absolute atomic E-state index is 12.6. The summed E-state index contributed by atoms with van der Waals surface area (Å²) >= 11 is 0. The van der Waals surface area contributed by atoms with Gasteiger partial charge in [-0.25, -0.2) is 4.39 Å². The van der Waals surface area contributed by atoms with E-state index in [2.05, 4.69) is 0 Å². The highest BCUT2D eigenvalue weighted by atomic mass is 19.1. The van der Waals surface area contributed by atoms with Gasteiger partial charge in [-0.05, 0) is 25.7 Å². The minimum Gasteiger partial charge on any atom is -0.246 e. The third-order valence-electron chi connectivity index (χ3n) is 2.30. The summed E-state index contributed by atoms with van der Waals surface area (Å²) < 4.78 is 12.6. The maximum atomic E-state index is 12.6. The van der Waals surface area contributed by atoms with Gasteiger partial charge in [-0.15, -0.1) is 0 Å². The van der Waals surface area contributed by atoms with E-state index in [9.17, 15) is 4.39 Å². The van der Waals surface area contributed by atoms with Crippen molar-refractivity contribution in [2.75, 3.05) is 0 Å². The average Bonchev–Trinajstić information content (AvgIpc) is 1.76. The summed E-state index contributed by atoms with van der Waals surface area (Å²) in [5.74, 6) is 0.0127. The quantitative estimate of drug-likeness (QED) is 0.578. The van der Waals surface area contributed by atoms with Crippen LogP contribution in [0.25, 0.3) is 0 Å². The molecular weight excluding hydrogens is 129 g/mol. The Morgan fingerprint density at radius 1 is 1.60 bits per heavy atom. The van der Waals surface area contributed by atoms with Gasteiger partial charge in [0.1, 0.15) is 6.17 Å². The van der Waals surface area contributed by atoms with Crippen LogP contribution in [0.2, 0.25) is 0 Å². The van der Waals surface area contributed by atoms with E-state index < -0.39 is 6.17 Å². The smallest absolute Gasteiger partial charge is 0.113 e. The predicted molar refractivity (Wildman–Crippen MR) is 37.0 cm³/mol. The maximum Gasteiger partial charge on any atom is 0.113 e.